The van der Waals surface area contributed by atoms with Crippen molar-refractivity contribution in [3.8, 4) is 0 Å². The summed E-state index contributed by atoms with van der Waals surface area (Å²) in [5.74, 6) is 0. The lowest BCUT2D eigenvalue weighted by Gasteiger charge is -2.19. The molecule has 0 radical (unpaired) electrons. The average molecular weight is 240 g/mol. The number of anilines is 1. The molecule has 94 valence electrons. The highest BCUT2D eigenvalue weighted by molar-refractivity contribution is 5.50. The third-order valence-corrected chi connectivity index (χ3v) is 3.00. The van der Waals surface area contributed by atoms with Gasteiger partial charge >= 0.3 is 0 Å². The molecule has 2 rings (SSSR count). The Morgan fingerprint density at radius 1 is 1.00 bits per heavy atom. The van der Waals surface area contributed by atoms with Gasteiger partial charge in [0.1, 0.15) is 0 Å². The fourth-order valence-electron chi connectivity index (χ4n) is 2.22. The van der Waals surface area contributed by atoms with E-state index in [4.69, 9.17) is 5.73 Å². The topological polar surface area (TPSA) is 38.0 Å². The fraction of sp³-hybridized carbons (Fsp3) is 0.250. The van der Waals surface area contributed by atoms with E-state index >= 15 is 0 Å². The van der Waals surface area contributed by atoms with Crippen LogP contribution in [-0.4, -0.2) is 6.54 Å². The lowest BCUT2D eigenvalue weighted by Crippen LogP contribution is -2.20. The smallest absolute Gasteiger partial charge is 0.0636 e. The molecule has 0 aromatic heterocycles. The second-order valence-electron chi connectivity index (χ2n) is 4.72. The normalized spacial score (nSPS) is 12.2. The van der Waals surface area contributed by atoms with Gasteiger partial charge in [-0.3, -0.25) is 0 Å². The monoisotopic (exact) mass is 240 g/mol. The van der Waals surface area contributed by atoms with Crippen LogP contribution in [0.5, 0.6) is 0 Å². The van der Waals surface area contributed by atoms with Gasteiger partial charge in [0.25, 0.3) is 0 Å². The van der Waals surface area contributed by atoms with Crippen LogP contribution in [-0.2, 0) is 0 Å². The lowest BCUT2D eigenvalue weighted by atomic mass is 10.1. The zero-order chi connectivity index (χ0) is 13.0. The molecule has 0 heterocycles. The van der Waals surface area contributed by atoms with Crippen LogP contribution in [0.4, 0.5) is 5.69 Å². The van der Waals surface area contributed by atoms with E-state index < -0.39 is 0 Å². The van der Waals surface area contributed by atoms with Crippen molar-refractivity contribution in [3.05, 3.63) is 65.2 Å². The number of hydrogen-bond acceptors (Lipinski definition) is 2. The Bertz CT molecular complexity index is 486. The molecule has 2 nitrogen and oxygen atoms in total. The quantitative estimate of drug-likeness (QED) is 0.859. The SMILES string of the molecule is Cc1cc(C)cc(NC(CN)c2ccccc2)c1. The van der Waals surface area contributed by atoms with Gasteiger partial charge in [-0.1, -0.05) is 36.4 Å². The molecule has 0 aliphatic heterocycles. The minimum absolute atomic E-state index is 0.160. The van der Waals surface area contributed by atoms with Crippen molar-refractivity contribution in [1.29, 1.82) is 0 Å². The summed E-state index contributed by atoms with van der Waals surface area (Å²) in [4.78, 5) is 0. The summed E-state index contributed by atoms with van der Waals surface area (Å²) in [6, 6.07) is 17.0. The third kappa shape index (κ3) is 3.11. The molecule has 0 aliphatic rings. The minimum Gasteiger partial charge on any atom is -0.377 e. The Labute approximate surface area is 109 Å². The molecule has 2 aromatic rings. The highest BCUT2D eigenvalue weighted by atomic mass is 14.9. The van der Waals surface area contributed by atoms with E-state index in [0.717, 1.165) is 5.69 Å². The van der Waals surface area contributed by atoms with Crippen LogP contribution in [0.25, 0.3) is 0 Å². The number of nitrogens with two attached hydrogens (primary N) is 1. The number of aryl methyl sites for hydroxylation is 2. The summed E-state index contributed by atoms with van der Waals surface area (Å²) in [5.41, 5.74) is 10.7. The zero-order valence-electron chi connectivity index (χ0n) is 11.0. The first kappa shape index (κ1) is 12.7. The molecule has 0 fully saturated rings. The van der Waals surface area contributed by atoms with Crippen molar-refractivity contribution in [1.82, 2.24) is 0 Å². The Morgan fingerprint density at radius 2 is 1.61 bits per heavy atom. The number of hydrogen-bond donors (Lipinski definition) is 2. The van der Waals surface area contributed by atoms with E-state index in [0.29, 0.717) is 6.54 Å². The summed E-state index contributed by atoms with van der Waals surface area (Å²) in [6.45, 7) is 4.80. The number of benzene rings is 2. The second kappa shape index (κ2) is 5.69. The predicted molar refractivity (Wildman–Crippen MR) is 77.8 cm³/mol. The average Bonchev–Trinajstić information content (AvgIpc) is 2.36. The van der Waals surface area contributed by atoms with E-state index in [1.165, 1.54) is 16.7 Å². The Hall–Kier alpha value is -1.80. The minimum atomic E-state index is 0.160. The predicted octanol–water partition coefficient (Wildman–Crippen LogP) is 3.42. The third-order valence-electron chi connectivity index (χ3n) is 3.00. The van der Waals surface area contributed by atoms with Crippen LogP contribution in [0.15, 0.2) is 48.5 Å². The maximum absolute atomic E-state index is 5.87. The standard InChI is InChI=1S/C16H20N2/c1-12-8-13(2)10-15(9-12)18-16(11-17)14-6-4-3-5-7-14/h3-10,16,18H,11,17H2,1-2H3. The second-order valence-corrected chi connectivity index (χ2v) is 4.72. The maximum atomic E-state index is 5.87. The molecule has 0 amide bonds. The van der Waals surface area contributed by atoms with Crippen LogP contribution in [0.2, 0.25) is 0 Å². The van der Waals surface area contributed by atoms with Crippen molar-refractivity contribution in [2.45, 2.75) is 19.9 Å². The molecule has 0 saturated heterocycles. The molecular weight excluding hydrogens is 220 g/mol. The van der Waals surface area contributed by atoms with Gasteiger partial charge in [-0.2, -0.15) is 0 Å². The van der Waals surface area contributed by atoms with E-state index in [2.05, 4.69) is 49.5 Å². The van der Waals surface area contributed by atoms with Gasteiger partial charge in [0.05, 0.1) is 6.04 Å². The van der Waals surface area contributed by atoms with Gasteiger partial charge in [0, 0.05) is 12.2 Å². The Kier molecular flexibility index (Phi) is 4.00. The summed E-state index contributed by atoms with van der Waals surface area (Å²) >= 11 is 0. The first-order chi connectivity index (χ1) is 8.69. The summed E-state index contributed by atoms with van der Waals surface area (Å²) in [7, 11) is 0. The van der Waals surface area contributed by atoms with Gasteiger partial charge in [-0.15, -0.1) is 0 Å². The highest BCUT2D eigenvalue weighted by Crippen LogP contribution is 2.20. The molecule has 0 spiro atoms. The van der Waals surface area contributed by atoms with Gasteiger partial charge in [-0.25, -0.2) is 0 Å². The Morgan fingerprint density at radius 3 is 2.17 bits per heavy atom. The number of nitrogens with one attached hydrogen (secondary N) is 1. The Balaban J connectivity index is 2.20. The van der Waals surface area contributed by atoms with Gasteiger partial charge in [-0.05, 0) is 42.7 Å². The molecule has 0 aliphatic carbocycles. The van der Waals surface area contributed by atoms with Crippen molar-refractivity contribution >= 4 is 5.69 Å². The molecule has 0 saturated carbocycles. The highest BCUT2D eigenvalue weighted by Gasteiger charge is 2.08. The van der Waals surface area contributed by atoms with Crippen LogP contribution in [0, 0.1) is 13.8 Å². The molecule has 2 heteroatoms. The van der Waals surface area contributed by atoms with E-state index in [9.17, 15) is 0 Å². The van der Waals surface area contributed by atoms with E-state index in [1.54, 1.807) is 0 Å². The van der Waals surface area contributed by atoms with Crippen LogP contribution < -0.4 is 11.1 Å². The fourth-order valence-corrected chi connectivity index (χ4v) is 2.22. The van der Waals surface area contributed by atoms with Crippen LogP contribution in [0.3, 0.4) is 0 Å². The van der Waals surface area contributed by atoms with Crippen molar-refractivity contribution < 1.29 is 0 Å². The van der Waals surface area contributed by atoms with Gasteiger partial charge in [0.15, 0.2) is 0 Å². The summed E-state index contributed by atoms with van der Waals surface area (Å²) in [6.07, 6.45) is 0. The van der Waals surface area contributed by atoms with Crippen LogP contribution >= 0.6 is 0 Å². The van der Waals surface area contributed by atoms with Crippen molar-refractivity contribution in [2.75, 3.05) is 11.9 Å². The maximum Gasteiger partial charge on any atom is 0.0636 e. The van der Waals surface area contributed by atoms with Crippen LogP contribution in [0.1, 0.15) is 22.7 Å². The molecule has 1 unspecified atom stereocenters. The summed E-state index contributed by atoms with van der Waals surface area (Å²) in [5, 5.41) is 3.50. The first-order valence-electron chi connectivity index (χ1n) is 6.29. The van der Waals surface area contributed by atoms with E-state index in [-0.39, 0.29) is 6.04 Å². The van der Waals surface area contributed by atoms with Gasteiger partial charge < -0.3 is 11.1 Å². The molecule has 18 heavy (non-hydrogen) atoms. The molecule has 1 atom stereocenters. The zero-order valence-corrected chi connectivity index (χ0v) is 11.0. The number of rotatable bonds is 4. The molecule has 0 bridgehead atoms. The first-order valence-corrected chi connectivity index (χ1v) is 6.29. The van der Waals surface area contributed by atoms with Crippen molar-refractivity contribution in [3.63, 3.8) is 0 Å². The van der Waals surface area contributed by atoms with Crippen molar-refractivity contribution in [2.24, 2.45) is 5.73 Å². The molecule has 2 aromatic carbocycles. The molecule has 3 N–H and O–H groups in total. The molecular formula is C16H20N2. The largest absolute Gasteiger partial charge is 0.377 e. The van der Waals surface area contributed by atoms with E-state index in [1.807, 2.05) is 18.2 Å². The lowest BCUT2D eigenvalue weighted by molar-refractivity contribution is 0.790. The van der Waals surface area contributed by atoms with Gasteiger partial charge in [0.2, 0.25) is 0 Å². The summed E-state index contributed by atoms with van der Waals surface area (Å²) < 4.78 is 0.